The number of nitrogen functional groups attached to an aromatic ring is 1. The van der Waals surface area contributed by atoms with Crippen molar-refractivity contribution in [2.24, 2.45) is 7.05 Å². The number of rotatable bonds is 2. The Kier molecular flexibility index (Phi) is 3.47. The Bertz CT molecular complexity index is 796. The van der Waals surface area contributed by atoms with Crippen molar-refractivity contribution in [2.75, 3.05) is 5.73 Å². The van der Waals surface area contributed by atoms with Crippen molar-refractivity contribution in [1.82, 2.24) is 14.8 Å². The summed E-state index contributed by atoms with van der Waals surface area (Å²) >= 11 is 3.52. The number of aryl methyl sites for hydroxylation is 1. The second kappa shape index (κ2) is 5.29. The van der Waals surface area contributed by atoms with Gasteiger partial charge in [-0.3, -0.25) is 9.67 Å². The first-order chi connectivity index (χ1) is 10.1. The van der Waals surface area contributed by atoms with Crippen LogP contribution in [0.1, 0.15) is 0 Å². The molecule has 0 bridgehead atoms. The normalized spacial score (nSPS) is 10.8. The number of aromatic nitrogens is 3. The van der Waals surface area contributed by atoms with Crippen LogP contribution < -0.4 is 5.73 Å². The van der Waals surface area contributed by atoms with E-state index in [0.717, 1.165) is 15.6 Å². The van der Waals surface area contributed by atoms with Gasteiger partial charge >= 0.3 is 0 Å². The Morgan fingerprint density at radius 1 is 1.19 bits per heavy atom. The number of halogens is 2. The highest BCUT2D eigenvalue weighted by atomic mass is 79.9. The zero-order valence-electron chi connectivity index (χ0n) is 11.2. The molecule has 0 aliphatic heterocycles. The summed E-state index contributed by atoms with van der Waals surface area (Å²) in [4.78, 5) is 4.10. The third-order valence-corrected chi connectivity index (χ3v) is 3.90. The highest BCUT2D eigenvalue weighted by Crippen LogP contribution is 2.38. The molecule has 3 rings (SSSR count). The molecule has 21 heavy (non-hydrogen) atoms. The summed E-state index contributed by atoms with van der Waals surface area (Å²) in [5.74, 6) is 0.146. The summed E-state index contributed by atoms with van der Waals surface area (Å²) in [7, 11) is 1.77. The molecule has 0 saturated heterocycles. The van der Waals surface area contributed by atoms with Gasteiger partial charge in [-0.15, -0.1) is 0 Å². The molecule has 4 nitrogen and oxygen atoms in total. The molecular weight excluding hydrogens is 335 g/mol. The molecule has 0 amide bonds. The number of hydrogen-bond acceptors (Lipinski definition) is 3. The van der Waals surface area contributed by atoms with Crippen LogP contribution in [0.4, 0.5) is 10.2 Å². The average Bonchev–Trinajstić information content (AvgIpc) is 2.77. The molecule has 2 heterocycles. The number of hydrogen-bond donors (Lipinski definition) is 1. The van der Waals surface area contributed by atoms with Crippen LogP contribution in [0.15, 0.2) is 47.1 Å². The summed E-state index contributed by atoms with van der Waals surface area (Å²) < 4.78 is 15.6. The topological polar surface area (TPSA) is 56.7 Å². The molecule has 0 fully saturated rings. The third-order valence-electron chi connectivity index (χ3n) is 3.20. The lowest BCUT2D eigenvalue weighted by Crippen LogP contribution is -1.98. The molecular formula is C15H12BrFN4. The number of nitrogens with zero attached hydrogens (tertiary/aromatic N) is 3. The number of pyridine rings is 1. The molecule has 1 aromatic carbocycles. The van der Waals surface area contributed by atoms with Crippen LogP contribution in [0.5, 0.6) is 0 Å². The molecule has 3 aromatic rings. The predicted molar refractivity (Wildman–Crippen MR) is 83.9 cm³/mol. The predicted octanol–water partition coefficient (Wildman–Crippen LogP) is 3.63. The van der Waals surface area contributed by atoms with E-state index < -0.39 is 0 Å². The van der Waals surface area contributed by atoms with Crippen LogP contribution in [0.25, 0.3) is 22.5 Å². The summed E-state index contributed by atoms with van der Waals surface area (Å²) in [5, 5.41) is 4.41. The van der Waals surface area contributed by atoms with Gasteiger partial charge in [-0.25, -0.2) is 4.39 Å². The Hall–Kier alpha value is -2.21. The molecule has 0 aliphatic rings. The fourth-order valence-electron chi connectivity index (χ4n) is 2.16. The van der Waals surface area contributed by atoms with Gasteiger partial charge in [0.1, 0.15) is 17.3 Å². The molecule has 0 saturated carbocycles. The molecule has 0 radical (unpaired) electrons. The minimum atomic E-state index is -0.384. The van der Waals surface area contributed by atoms with Crippen LogP contribution in [-0.2, 0) is 7.05 Å². The highest BCUT2D eigenvalue weighted by molar-refractivity contribution is 9.10. The minimum Gasteiger partial charge on any atom is -0.383 e. The summed E-state index contributed by atoms with van der Waals surface area (Å²) in [6, 6.07) is 10.7. The zero-order chi connectivity index (χ0) is 15.0. The molecule has 2 N–H and O–H groups in total. The van der Waals surface area contributed by atoms with Crippen LogP contribution in [0, 0.1) is 5.82 Å². The van der Waals surface area contributed by atoms with Gasteiger partial charge in [0.15, 0.2) is 0 Å². The Labute approximate surface area is 129 Å². The van der Waals surface area contributed by atoms with Gasteiger partial charge in [-0.2, -0.15) is 5.10 Å². The van der Waals surface area contributed by atoms with Gasteiger partial charge in [0.05, 0.1) is 17.5 Å². The van der Waals surface area contributed by atoms with E-state index in [0.29, 0.717) is 17.2 Å². The second-order valence-corrected chi connectivity index (χ2v) is 5.43. The Balaban J connectivity index is 2.26. The van der Waals surface area contributed by atoms with Crippen molar-refractivity contribution < 1.29 is 4.39 Å². The largest absolute Gasteiger partial charge is 0.383 e. The maximum atomic E-state index is 13.1. The first-order valence-electron chi connectivity index (χ1n) is 6.27. The van der Waals surface area contributed by atoms with Crippen molar-refractivity contribution in [1.29, 1.82) is 0 Å². The van der Waals surface area contributed by atoms with E-state index in [4.69, 9.17) is 5.73 Å². The van der Waals surface area contributed by atoms with E-state index in [9.17, 15) is 4.39 Å². The van der Waals surface area contributed by atoms with Crippen LogP contribution >= 0.6 is 15.9 Å². The molecule has 2 aromatic heterocycles. The lowest BCUT2D eigenvalue weighted by Gasteiger charge is -2.06. The van der Waals surface area contributed by atoms with Crippen molar-refractivity contribution >= 4 is 21.7 Å². The van der Waals surface area contributed by atoms with E-state index >= 15 is 0 Å². The van der Waals surface area contributed by atoms with Gasteiger partial charge in [0.2, 0.25) is 0 Å². The first kappa shape index (κ1) is 13.8. The Morgan fingerprint density at radius 2 is 1.95 bits per heavy atom. The van der Waals surface area contributed by atoms with E-state index in [2.05, 4.69) is 26.0 Å². The Morgan fingerprint density at radius 3 is 2.62 bits per heavy atom. The van der Waals surface area contributed by atoms with Gasteiger partial charge in [-0.1, -0.05) is 34.1 Å². The molecule has 106 valence electrons. The van der Waals surface area contributed by atoms with E-state index in [1.165, 1.54) is 12.3 Å². The van der Waals surface area contributed by atoms with E-state index in [-0.39, 0.29) is 5.82 Å². The van der Waals surface area contributed by atoms with Gasteiger partial charge < -0.3 is 5.73 Å². The van der Waals surface area contributed by atoms with Gasteiger partial charge in [-0.05, 0) is 18.2 Å². The summed E-state index contributed by atoms with van der Waals surface area (Å²) in [6.07, 6.45) is 1.17. The van der Waals surface area contributed by atoms with Crippen LogP contribution in [0.3, 0.4) is 0 Å². The monoisotopic (exact) mass is 346 g/mol. The standard InChI is InChI=1S/C15H12BrFN4/c1-21-15(18)13(10-4-2-3-5-11(10)16)14(20-21)12-7-6-9(17)8-19-12/h2-8H,18H2,1H3. The number of anilines is 1. The molecule has 0 aliphatic carbocycles. The average molecular weight is 347 g/mol. The van der Waals surface area contributed by atoms with Crippen molar-refractivity contribution in [2.45, 2.75) is 0 Å². The van der Waals surface area contributed by atoms with Gasteiger partial charge in [0, 0.05) is 17.1 Å². The maximum Gasteiger partial charge on any atom is 0.141 e. The molecule has 0 spiro atoms. The van der Waals surface area contributed by atoms with Crippen LogP contribution in [0.2, 0.25) is 0 Å². The first-order valence-corrected chi connectivity index (χ1v) is 7.06. The number of benzene rings is 1. The van der Waals surface area contributed by atoms with E-state index in [1.807, 2.05) is 24.3 Å². The zero-order valence-corrected chi connectivity index (χ0v) is 12.8. The van der Waals surface area contributed by atoms with E-state index in [1.54, 1.807) is 17.8 Å². The highest BCUT2D eigenvalue weighted by Gasteiger charge is 2.19. The molecule has 6 heteroatoms. The fourth-order valence-corrected chi connectivity index (χ4v) is 2.64. The smallest absolute Gasteiger partial charge is 0.141 e. The maximum absolute atomic E-state index is 13.1. The lowest BCUT2D eigenvalue weighted by molar-refractivity contribution is 0.621. The van der Waals surface area contributed by atoms with Crippen molar-refractivity contribution in [3.63, 3.8) is 0 Å². The SMILES string of the molecule is Cn1nc(-c2ccc(F)cn2)c(-c2ccccc2Br)c1N. The second-order valence-electron chi connectivity index (χ2n) is 4.57. The van der Waals surface area contributed by atoms with Crippen molar-refractivity contribution in [3.8, 4) is 22.5 Å². The summed E-state index contributed by atoms with van der Waals surface area (Å²) in [5.41, 5.74) is 9.06. The third kappa shape index (κ3) is 2.42. The summed E-state index contributed by atoms with van der Waals surface area (Å²) in [6.45, 7) is 0. The van der Waals surface area contributed by atoms with Crippen LogP contribution in [-0.4, -0.2) is 14.8 Å². The van der Waals surface area contributed by atoms with Crippen molar-refractivity contribution in [3.05, 3.63) is 52.9 Å². The quantitative estimate of drug-likeness (QED) is 0.770. The van der Waals surface area contributed by atoms with Gasteiger partial charge in [0.25, 0.3) is 0 Å². The minimum absolute atomic E-state index is 0.384. The number of nitrogens with two attached hydrogens (primary N) is 1. The molecule has 0 atom stereocenters. The lowest BCUT2D eigenvalue weighted by atomic mass is 10.0. The fraction of sp³-hybridized carbons (Fsp3) is 0.0667. The molecule has 0 unspecified atom stereocenters.